The van der Waals surface area contributed by atoms with Crippen molar-refractivity contribution in [1.29, 1.82) is 0 Å². The number of carbonyl (C=O) groups excluding carboxylic acids is 1. The van der Waals surface area contributed by atoms with Crippen molar-refractivity contribution in [2.75, 3.05) is 7.11 Å². The highest BCUT2D eigenvalue weighted by atomic mass is 32.2. The molecule has 1 heterocycles. The largest absolute Gasteiger partial charge is 0.464 e. The molecule has 1 aliphatic heterocycles. The highest BCUT2D eigenvalue weighted by Gasteiger charge is 2.39. The lowest BCUT2D eigenvalue weighted by Crippen LogP contribution is -2.32. The van der Waals surface area contributed by atoms with Crippen LogP contribution in [0.2, 0.25) is 0 Å². The lowest BCUT2D eigenvalue weighted by atomic mass is 9.89. The van der Waals surface area contributed by atoms with Gasteiger partial charge in [-0.15, -0.1) is 0 Å². The molecule has 142 valence electrons. The van der Waals surface area contributed by atoms with E-state index in [4.69, 9.17) is 4.74 Å². The van der Waals surface area contributed by atoms with Gasteiger partial charge in [0.2, 0.25) is 0 Å². The van der Waals surface area contributed by atoms with Gasteiger partial charge in [-0.3, -0.25) is 0 Å². The average molecular weight is 385 g/mol. The van der Waals surface area contributed by atoms with Crippen LogP contribution in [0.1, 0.15) is 35.8 Å². The van der Waals surface area contributed by atoms with Gasteiger partial charge in [0.1, 0.15) is 10.9 Å². The molecule has 0 saturated heterocycles. The van der Waals surface area contributed by atoms with Gasteiger partial charge < -0.3 is 10.1 Å². The molecular formula is C21H23NO4S. The second-order valence-corrected chi connectivity index (χ2v) is 9.31. The van der Waals surface area contributed by atoms with Gasteiger partial charge in [0, 0.05) is 12.1 Å². The first-order valence-corrected chi connectivity index (χ1v) is 10.4. The predicted octanol–water partition coefficient (Wildman–Crippen LogP) is 3.24. The first kappa shape index (κ1) is 19.2. The van der Waals surface area contributed by atoms with Crippen molar-refractivity contribution >= 4 is 21.4 Å². The van der Waals surface area contributed by atoms with Crippen molar-refractivity contribution in [3.8, 4) is 0 Å². The summed E-state index contributed by atoms with van der Waals surface area (Å²) >= 11 is 0. The summed E-state index contributed by atoms with van der Waals surface area (Å²) in [6, 6.07) is 16.6. The number of hydrogen-bond donors (Lipinski definition) is 1. The van der Waals surface area contributed by atoms with Crippen LogP contribution < -0.4 is 5.32 Å². The molecular weight excluding hydrogens is 362 g/mol. The normalized spacial score (nSPS) is 15.1. The molecule has 1 N–H and O–H groups in total. The molecule has 0 amide bonds. The number of ether oxygens (including phenoxy) is 1. The van der Waals surface area contributed by atoms with Crippen molar-refractivity contribution in [3.63, 3.8) is 0 Å². The number of fused-ring (bicyclic) bond motifs is 1. The highest BCUT2D eigenvalue weighted by Crippen LogP contribution is 2.43. The molecule has 0 aliphatic carbocycles. The van der Waals surface area contributed by atoms with Gasteiger partial charge in [-0.25, -0.2) is 13.2 Å². The molecule has 2 aromatic rings. The van der Waals surface area contributed by atoms with Crippen LogP contribution in [0.4, 0.5) is 0 Å². The molecule has 2 aromatic carbocycles. The zero-order chi connectivity index (χ0) is 19.6. The number of sulfone groups is 1. The van der Waals surface area contributed by atoms with Crippen LogP contribution in [0.15, 0.2) is 60.3 Å². The standard InChI is InChI=1S/C21H23NO4S/c1-14(2)27(24,25)20(15-9-5-4-6-10-15)18-17-12-8-7-11-16(17)13-22-19(18)21(23)26-3/h4-12,14,20,22H,13H2,1-3H3. The van der Waals surface area contributed by atoms with E-state index in [1.165, 1.54) is 7.11 Å². The Balaban J connectivity index is 2.36. The van der Waals surface area contributed by atoms with Crippen LogP contribution in [0.25, 0.3) is 5.57 Å². The third-order valence-electron chi connectivity index (χ3n) is 4.77. The maximum Gasteiger partial charge on any atom is 0.354 e. The van der Waals surface area contributed by atoms with E-state index in [0.29, 0.717) is 17.7 Å². The van der Waals surface area contributed by atoms with E-state index in [0.717, 1.165) is 11.1 Å². The Morgan fingerprint density at radius 1 is 1.04 bits per heavy atom. The van der Waals surface area contributed by atoms with Crippen molar-refractivity contribution in [1.82, 2.24) is 5.32 Å². The summed E-state index contributed by atoms with van der Waals surface area (Å²) in [5.41, 5.74) is 2.98. The fourth-order valence-corrected chi connectivity index (χ4v) is 4.98. The maximum absolute atomic E-state index is 13.4. The average Bonchev–Trinajstić information content (AvgIpc) is 2.68. The number of esters is 1. The van der Waals surface area contributed by atoms with Crippen molar-refractivity contribution < 1.29 is 17.9 Å². The van der Waals surface area contributed by atoms with Crippen molar-refractivity contribution in [2.45, 2.75) is 30.9 Å². The molecule has 1 aliphatic rings. The molecule has 0 radical (unpaired) electrons. The number of benzene rings is 2. The minimum Gasteiger partial charge on any atom is -0.464 e. The smallest absolute Gasteiger partial charge is 0.354 e. The van der Waals surface area contributed by atoms with Crippen LogP contribution in [-0.4, -0.2) is 26.7 Å². The van der Waals surface area contributed by atoms with Gasteiger partial charge in [0.25, 0.3) is 0 Å². The number of hydrogen-bond acceptors (Lipinski definition) is 5. The zero-order valence-electron chi connectivity index (χ0n) is 15.6. The summed E-state index contributed by atoms with van der Waals surface area (Å²) < 4.78 is 31.7. The van der Waals surface area contributed by atoms with E-state index < -0.39 is 26.3 Å². The Labute approximate surface area is 160 Å². The van der Waals surface area contributed by atoms with Gasteiger partial charge in [-0.1, -0.05) is 54.6 Å². The molecule has 3 rings (SSSR count). The van der Waals surface area contributed by atoms with E-state index in [-0.39, 0.29) is 5.70 Å². The lowest BCUT2D eigenvalue weighted by molar-refractivity contribution is -0.136. The van der Waals surface area contributed by atoms with Crippen LogP contribution in [0.5, 0.6) is 0 Å². The van der Waals surface area contributed by atoms with Crippen LogP contribution in [-0.2, 0) is 25.9 Å². The summed E-state index contributed by atoms with van der Waals surface area (Å²) in [4.78, 5) is 12.5. The highest BCUT2D eigenvalue weighted by molar-refractivity contribution is 7.92. The second kappa shape index (κ2) is 7.56. The molecule has 0 saturated carbocycles. The fraction of sp³-hybridized carbons (Fsp3) is 0.286. The Bertz CT molecular complexity index is 978. The first-order valence-electron chi connectivity index (χ1n) is 8.80. The van der Waals surface area contributed by atoms with Crippen LogP contribution in [0.3, 0.4) is 0 Å². The summed E-state index contributed by atoms with van der Waals surface area (Å²) in [5, 5.41) is 1.50. The lowest BCUT2D eigenvalue weighted by Gasteiger charge is -2.30. The van der Waals surface area contributed by atoms with Crippen LogP contribution in [0, 0.1) is 0 Å². The first-order chi connectivity index (χ1) is 12.9. The number of methoxy groups -OCH3 is 1. The number of carbonyl (C=O) groups is 1. The van der Waals surface area contributed by atoms with E-state index >= 15 is 0 Å². The Morgan fingerprint density at radius 3 is 2.30 bits per heavy atom. The quantitative estimate of drug-likeness (QED) is 0.800. The Morgan fingerprint density at radius 2 is 1.67 bits per heavy atom. The molecule has 1 atom stereocenters. The van der Waals surface area contributed by atoms with Gasteiger partial charge in [-0.2, -0.15) is 0 Å². The molecule has 0 aromatic heterocycles. The minimum atomic E-state index is -3.61. The minimum absolute atomic E-state index is 0.203. The van der Waals surface area contributed by atoms with E-state index in [2.05, 4.69) is 5.32 Å². The van der Waals surface area contributed by atoms with E-state index in [1.54, 1.807) is 38.1 Å². The van der Waals surface area contributed by atoms with Crippen molar-refractivity contribution in [2.24, 2.45) is 0 Å². The van der Waals surface area contributed by atoms with Crippen LogP contribution >= 0.6 is 0 Å². The fourth-order valence-electron chi connectivity index (χ4n) is 3.33. The topological polar surface area (TPSA) is 72.5 Å². The Hall–Kier alpha value is -2.60. The number of nitrogens with one attached hydrogen (secondary N) is 1. The predicted molar refractivity (Wildman–Crippen MR) is 105 cm³/mol. The molecule has 0 spiro atoms. The second-order valence-electron chi connectivity index (χ2n) is 6.72. The maximum atomic E-state index is 13.4. The summed E-state index contributed by atoms with van der Waals surface area (Å²) in [6.45, 7) is 3.75. The summed E-state index contributed by atoms with van der Waals surface area (Å²) in [7, 11) is -2.32. The van der Waals surface area contributed by atoms with Gasteiger partial charge in [0.05, 0.1) is 12.4 Å². The third kappa shape index (κ3) is 3.49. The Kier molecular flexibility index (Phi) is 5.37. The van der Waals surface area contributed by atoms with Crippen molar-refractivity contribution in [3.05, 3.63) is 77.0 Å². The van der Waals surface area contributed by atoms with Gasteiger partial charge in [-0.05, 0) is 30.5 Å². The van der Waals surface area contributed by atoms with E-state index in [1.807, 2.05) is 30.3 Å². The monoisotopic (exact) mass is 385 g/mol. The number of rotatable bonds is 5. The van der Waals surface area contributed by atoms with Gasteiger partial charge >= 0.3 is 5.97 Å². The third-order valence-corrected chi connectivity index (χ3v) is 7.25. The summed E-state index contributed by atoms with van der Waals surface area (Å²) in [6.07, 6.45) is 0. The molecule has 27 heavy (non-hydrogen) atoms. The molecule has 5 nitrogen and oxygen atoms in total. The molecule has 0 bridgehead atoms. The molecule has 0 fully saturated rings. The molecule has 1 unspecified atom stereocenters. The zero-order valence-corrected chi connectivity index (χ0v) is 16.4. The van der Waals surface area contributed by atoms with Gasteiger partial charge in [0.15, 0.2) is 9.84 Å². The molecule has 6 heteroatoms. The van der Waals surface area contributed by atoms with E-state index in [9.17, 15) is 13.2 Å². The SMILES string of the molecule is COC(=O)C1=C(C(c2ccccc2)S(=O)(=O)C(C)C)c2ccccc2CN1. The summed E-state index contributed by atoms with van der Waals surface area (Å²) in [5.74, 6) is -0.570.